The van der Waals surface area contributed by atoms with Crippen molar-refractivity contribution in [2.45, 2.75) is 6.54 Å². The summed E-state index contributed by atoms with van der Waals surface area (Å²) in [5, 5.41) is 3.86. The summed E-state index contributed by atoms with van der Waals surface area (Å²) in [4.78, 5) is 4.54. The predicted molar refractivity (Wildman–Crippen MR) is 109 cm³/mol. The van der Waals surface area contributed by atoms with Crippen LogP contribution in [-0.2, 0) is 6.54 Å². The van der Waals surface area contributed by atoms with E-state index in [-0.39, 0.29) is 5.02 Å². The minimum Gasteiger partial charge on any atom is -0.346 e. The van der Waals surface area contributed by atoms with Crippen LogP contribution in [0.25, 0.3) is 0 Å². The van der Waals surface area contributed by atoms with E-state index in [0.29, 0.717) is 10.8 Å². The minimum absolute atomic E-state index is 0.0889. The van der Waals surface area contributed by atoms with E-state index in [4.69, 9.17) is 23.8 Å². The van der Waals surface area contributed by atoms with Crippen LogP contribution in [0.2, 0.25) is 5.02 Å². The molecule has 1 heterocycles. The first-order valence-electron chi connectivity index (χ1n) is 7.99. The van der Waals surface area contributed by atoms with Crippen molar-refractivity contribution in [1.29, 1.82) is 0 Å². The molecule has 1 fully saturated rings. The summed E-state index contributed by atoms with van der Waals surface area (Å²) in [5.41, 5.74) is 1.99. The Morgan fingerprint density at radius 1 is 1.16 bits per heavy atom. The fourth-order valence-electron chi connectivity index (χ4n) is 2.75. The Hall–Kier alpha value is -1.21. The largest absolute Gasteiger partial charge is 0.346 e. The molecule has 0 atom stereocenters. The lowest BCUT2D eigenvalue weighted by Gasteiger charge is -2.36. The van der Waals surface area contributed by atoms with Gasteiger partial charge in [0, 0.05) is 42.9 Å². The number of rotatable bonds is 3. The third kappa shape index (κ3) is 4.91. The highest BCUT2D eigenvalue weighted by Crippen LogP contribution is 2.21. The molecule has 3 rings (SSSR count). The summed E-state index contributed by atoms with van der Waals surface area (Å²) < 4.78 is 14.4. The molecular weight excluding hydrogens is 425 g/mol. The third-order valence-electron chi connectivity index (χ3n) is 4.18. The topological polar surface area (TPSA) is 18.5 Å². The molecule has 2 aromatic rings. The molecule has 0 aliphatic carbocycles. The molecule has 0 saturated carbocycles. The van der Waals surface area contributed by atoms with Crippen molar-refractivity contribution in [1.82, 2.24) is 9.80 Å². The normalized spacial score (nSPS) is 15.2. The van der Waals surface area contributed by atoms with Crippen LogP contribution in [0.5, 0.6) is 0 Å². The molecule has 1 aliphatic heterocycles. The summed E-state index contributed by atoms with van der Waals surface area (Å²) in [7, 11) is 0. The molecule has 1 aliphatic rings. The van der Waals surface area contributed by atoms with Gasteiger partial charge in [-0.05, 0) is 42.0 Å². The van der Waals surface area contributed by atoms with Crippen molar-refractivity contribution in [3.05, 3.63) is 63.3 Å². The summed E-state index contributed by atoms with van der Waals surface area (Å²) in [6.07, 6.45) is 0. The average Bonchev–Trinajstić information content (AvgIpc) is 2.61. The lowest BCUT2D eigenvalue weighted by Crippen LogP contribution is -2.49. The summed E-state index contributed by atoms with van der Waals surface area (Å²) in [5.74, 6) is -0.432. The van der Waals surface area contributed by atoms with E-state index in [2.05, 4.69) is 49.2 Å². The third-order valence-corrected chi connectivity index (χ3v) is 5.61. The van der Waals surface area contributed by atoms with Crippen LogP contribution in [0.4, 0.5) is 10.1 Å². The molecule has 0 radical (unpaired) electrons. The average molecular weight is 443 g/mol. The monoisotopic (exact) mass is 441 g/mol. The minimum atomic E-state index is -0.432. The van der Waals surface area contributed by atoms with Gasteiger partial charge < -0.3 is 10.2 Å². The van der Waals surface area contributed by atoms with Crippen LogP contribution in [0, 0.1) is 5.82 Å². The van der Waals surface area contributed by atoms with Crippen LogP contribution in [0.15, 0.2) is 46.9 Å². The Bertz CT molecular complexity index is 766. The number of nitrogens with one attached hydrogen (secondary N) is 1. The van der Waals surface area contributed by atoms with Gasteiger partial charge in [0.15, 0.2) is 5.11 Å². The lowest BCUT2D eigenvalue weighted by molar-refractivity contribution is 0.176. The zero-order valence-corrected chi connectivity index (χ0v) is 16.7. The van der Waals surface area contributed by atoms with Crippen molar-refractivity contribution < 1.29 is 4.39 Å². The van der Waals surface area contributed by atoms with E-state index in [1.54, 1.807) is 12.1 Å². The Morgan fingerprint density at radius 3 is 2.56 bits per heavy atom. The highest BCUT2D eigenvalue weighted by atomic mass is 79.9. The van der Waals surface area contributed by atoms with Crippen molar-refractivity contribution in [2.75, 3.05) is 31.5 Å². The number of piperazine rings is 1. The van der Waals surface area contributed by atoms with Gasteiger partial charge in [-0.1, -0.05) is 45.7 Å². The molecule has 3 nitrogen and oxygen atoms in total. The van der Waals surface area contributed by atoms with E-state index in [1.807, 2.05) is 6.07 Å². The van der Waals surface area contributed by atoms with Crippen molar-refractivity contribution in [2.24, 2.45) is 0 Å². The molecule has 0 amide bonds. The number of halogens is 3. The second-order valence-electron chi connectivity index (χ2n) is 5.91. The highest BCUT2D eigenvalue weighted by molar-refractivity contribution is 9.10. The first kappa shape index (κ1) is 18.6. The first-order chi connectivity index (χ1) is 12.0. The number of thiocarbonyl (C=S) groups is 1. The SMILES string of the molecule is Fc1ccc(NC(=S)N2CCN(Cc3ccccc3Br)CC2)cc1Cl. The van der Waals surface area contributed by atoms with Gasteiger partial charge in [0.1, 0.15) is 5.82 Å². The van der Waals surface area contributed by atoms with E-state index in [1.165, 1.54) is 11.6 Å². The first-order valence-corrected chi connectivity index (χ1v) is 9.57. The van der Waals surface area contributed by atoms with E-state index in [9.17, 15) is 4.39 Å². The Morgan fingerprint density at radius 2 is 1.88 bits per heavy atom. The van der Waals surface area contributed by atoms with E-state index < -0.39 is 5.82 Å². The summed E-state index contributed by atoms with van der Waals surface area (Å²) >= 11 is 14.9. The standard InChI is InChI=1S/C18H18BrClFN3S/c19-15-4-2-1-3-13(15)12-23-7-9-24(10-8-23)18(25)22-14-5-6-17(21)16(20)11-14/h1-6,11H,7-10,12H2,(H,22,25). The van der Waals surface area contributed by atoms with Crippen LogP contribution >= 0.6 is 39.7 Å². The molecule has 0 unspecified atom stereocenters. The molecule has 132 valence electrons. The molecule has 0 aromatic heterocycles. The number of benzene rings is 2. The van der Waals surface area contributed by atoms with Gasteiger partial charge in [0.05, 0.1) is 5.02 Å². The molecule has 1 N–H and O–H groups in total. The predicted octanol–water partition coefficient (Wildman–Crippen LogP) is 4.76. The van der Waals surface area contributed by atoms with Crippen LogP contribution < -0.4 is 5.32 Å². The van der Waals surface area contributed by atoms with Gasteiger partial charge in [-0.25, -0.2) is 4.39 Å². The van der Waals surface area contributed by atoms with Gasteiger partial charge in [0.2, 0.25) is 0 Å². The van der Waals surface area contributed by atoms with Gasteiger partial charge in [0.25, 0.3) is 0 Å². The van der Waals surface area contributed by atoms with Gasteiger partial charge >= 0.3 is 0 Å². The number of nitrogens with zero attached hydrogens (tertiary/aromatic N) is 2. The second kappa shape index (κ2) is 8.45. The molecule has 1 saturated heterocycles. The number of hydrogen-bond donors (Lipinski definition) is 1. The smallest absolute Gasteiger partial charge is 0.173 e. The zero-order chi connectivity index (χ0) is 17.8. The van der Waals surface area contributed by atoms with Crippen molar-refractivity contribution in [3.8, 4) is 0 Å². The van der Waals surface area contributed by atoms with Crippen LogP contribution in [0.1, 0.15) is 5.56 Å². The van der Waals surface area contributed by atoms with Crippen molar-refractivity contribution >= 4 is 50.5 Å². The second-order valence-corrected chi connectivity index (χ2v) is 7.56. The Kier molecular flexibility index (Phi) is 6.28. The molecule has 0 bridgehead atoms. The molecule has 2 aromatic carbocycles. The van der Waals surface area contributed by atoms with E-state index >= 15 is 0 Å². The van der Waals surface area contributed by atoms with E-state index in [0.717, 1.165) is 37.2 Å². The fraction of sp³-hybridized carbons (Fsp3) is 0.278. The molecule has 7 heteroatoms. The molecular formula is C18H18BrClFN3S. The zero-order valence-electron chi connectivity index (χ0n) is 13.5. The van der Waals surface area contributed by atoms with Crippen LogP contribution in [-0.4, -0.2) is 41.1 Å². The maximum Gasteiger partial charge on any atom is 0.173 e. The lowest BCUT2D eigenvalue weighted by atomic mass is 10.2. The van der Waals surface area contributed by atoms with Gasteiger partial charge in [-0.2, -0.15) is 0 Å². The Labute approximate surface area is 165 Å². The summed E-state index contributed by atoms with van der Waals surface area (Å²) in [6.45, 7) is 4.50. The number of anilines is 1. The summed E-state index contributed by atoms with van der Waals surface area (Å²) in [6, 6.07) is 12.8. The fourth-order valence-corrected chi connectivity index (χ4v) is 3.64. The van der Waals surface area contributed by atoms with Crippen LogP contribution in [0.3, 0.4) is 0 Å². The van der Waals surface area contributed by atoms with Gasteiger partial charge in [-0.15, -0.1) is 0 Å². The van der Waals surface area contributed by atoms with Gasteiger partial charge in [-0.3, -0.25) is 4.90 Å². The van der Waals surface area contributed by atoms with Crippen molar-refractivity contribution in [3.63, 3.8) is 0 Å². The maximum atomic E-state index is 13.2. The highest BCUT2D eigenvalue weighted by Gasteiger charge is 2.19. The maximum absolute atomic E-state index is 13.2. The molecule has 0 spiro atoms. The Balaban J connectivity index is 1.52. The quantitative estimate of drug-likeness (QED) is 0.691. The molecule has 25 heavy (non-hydrogen) atoms. The number of hydrogen-bond acceptors (Lipinski definition) is 2.